The van der Waals surface area contributed by atoms with Gasteiger partial charge in [-0.2, -0.15) is 0 Å². The van der Waals surface area contributed by atoms with Gasteiger partial charge in [-0.05, 0) is 37.6 Å². The lowest BCUT2D eigenvalue weighted by molar-refractivity contribution is -0.121. The van der Waals surface area contributed by atoms with Gasteiger partial charge in [-0.25, -0.2) is 0 Å². The zero-order valence-corrected chi connectivity index (χ0v) is 15.7. The van der Waals surface area contributed by atoms with Crippen molar-refractivity contribution in [3.8, 4) is 0 Å². The van der Waals surface area contributed by atoms with E-state index in [1.54, 1.807) is 12.1 Å². The van der Waals surface area contributed by atoms with E-state index in [1.807, 2.05) is 49.4 Å². The summed E-state index contributed by atoms with van der Waals surface area (Å²) >= 11 is 0. The molecule has 0 saturated carbocycles. The molecule has 5 nitrogen and oxygen atoms in total. The Kier molecular flexibility index (Phi) is 9.41. The van der Waals surface area contributed by atoms with Gasteiger partial charge in [-0.3, -0.25) is 9.59 Å². The second kappa shape index (κ2) is 11.3. The molecular formula is C20H26ClN3O2. The smallest absolute Gasteiger partial charge is 0.251 e. The Labute approximate surface area is 160 Å². The van der Waals surface area contributed by atoms with E-state index in [9.17, 15) is 9.59 Å². The molecule has 1 unspecified atom stereocenters. The van der Waals surface area contributed by atoms with Gasteiger partial charge in [-0.1, -0.05) is 48.0 Å². The lowest BCUT2D eigenvalue weighted by Gasteiger charge is -2.19. The maximum atomic E-state index is 12.5. The van der Waals surface area contributed by atoms with Gasteiger partial charge in [0.15, 0.2) is 0 Å². The fourth-order valence-electron chi connectivity index (χ4n) is 2.47. The summed E-state index contributed by atoms with van der Waals surface area (Å²) in [5, 5.41) is 5.80. The number of hydrogen-bond acceptors (Lipinski definition) is 3. The third-order valence-corrected chi connectivity index (χ3v) is 3.91. The molecule has 2 rings (SSSR count). The molecular weight excluding hydrogens is 350 g/mol. The molecule has 6 heteroatoms. The summed E-state index contributed by atoms with van der Waals surface area (Å²) in [7, 11) is 0. The predicted octanol–water partition coefficient (Wildman–Crippen LogP) is 2.74. The number of amides is 2. The SMILES string of the molecule is Cc1ccc(C(=O)NC(CC(=O)NCCCN)c2ccccc2)cc1.Cl. The number of nitrogens with two attached hydrogens (primary N) is 1. The van der Waals surface area contributed by atoms with E-state index in [-0.39, 0.29) is 36.7 Å². The highest BCUT2D eigenvalue weighted by Crippen LogP contribution is 2.17. The molecule has 0 aliphatic carbocycles. The van der Waals surface area contributed by atoms with Crippen LogP contribution in [0, 0.1) is 6.92 Å². The van der Waals surface area contributed by atoms with Crippen LogP contribution in [0.2, 0.25) is 0 Å². The maximum absolute atomic E-state index is 12.5. The van der Waals surface area contributed by atoms with Crippen molar-refractivity contribution >= 4 is 24.2 Å². The fraction of sp³-hybridized carbons (Fsp3) is 0.300. The van der Waals surface area contributed by atoms with Crippen molar-refractivity contribution in [1.29, 1.82) is 0 Å². The second-order valence-corrected chi connectivity index (χ2v) is 6.00. The Morgan fingerprint density at radius 2 is 1.69 bits per heavy atom. The van der Waals surface area contributed by atoms with E-state index in [0.717, 1.165) is 17.5 Å². The van der Waals surface area contributed by atoms with Crippen LogP contribution in [0.4, 0.5) is 0 Å². The summed E-state index contributed by atoms with van der Waals surface area (Å²) in [6.07, 6.45) is 0.920. The van der Waals surface area contributed by atoms with Crippen molar-refractivity contribution in [3.05, 3.63) is 71.3 Å². The Morgan fingerprint density at radius 3 is 2.31 bits per heavy atom. The first-order valence-electron chi connectivity index (χ1n) is 8.49. The van der Waals surface area contributed by atoms with Crippen LogP contribution in [0.15, 0.2) is 54.6 Å². The minimum Gasteiger partial charge on any atom is -0.356 e. The van der Waals surface area contributed by atoms with Crippen LogP contribution < -0.4 is 16.4 Å². The molecule has 0 radical (unpaired) electrons. The van der Waals surface area contributed by atoms with E-state index in [1.165, 1.54) is 0 Å². The van der Waals surface area contributed by atoms with Crippen LogP contribution in [0.5, 0.6) is 0 Å². The van der Waals surface area contributed by atoms with Crippen LogP contribution in [0.25, 0.3) is 0 Å². The van der Waals surface area contributed by atoms with E-state index < -0.39 is 0 Å². The van der Waals surface area contributed by atoms with Crippen LogP contribution in [0.1, 0.15) is 40.4 Å². The first-order chi connectivity index (χ1) is 12.1. The van der Waals surface area contributed by atoms with Gasteiger partial charge >= 0.3 is 0 Å². The normalized spacial score (nSPS) is 11.2. The van der Waals surface area contributed by atoms with Crippen LogP contribution in [-0.4, -0.2) is 24.9 Å². The molecule has 0 aliphatic rings. The quantitative estimate of drug-likeness (QED) is 0.620. The molecule has 0 heterocycles. The summed E-state index contributed by atoms with van der Waals surface area (Å²) in [5.74, 6) is -0.296. The minimum atomic E-state index is -0.382. The van der Waals surface area contributed by atoms with Crippen molar-refractivity contribution in [2.45, 2.75) is 25.8 Å². The Balaban J connectivity index is 0.00000338. The topological polar surface area (TPSA) is 84.2 Å². The van der Waals surface area contributed by atoms with Crippen LogP contribution in [0.3, 0.4) is 0 Å². The van der Waals surface area contributed by atoms with Gasteiger partial charge in [0.2, 0.25) is 5.91 Å². The lowest BCUT2D eigenvalue weighted by Crippen LogP contribution is -2.34. The third-order valence-electron chi connectivity index (χ3n) is 3.91. The molecule has 2 aromatic rings. The van der Waals surface area contributed by atoms with Crippen molar-refractivity contribution in [1.82, 2.24) is 10.6 Å². The number of benzene rings is 2. The minimum absolute atomic E-state index is 0. The molecule has 0 aromatic heterocycles. The molecule has 26 heavy (non-hydrogen) atoms. The van der Waals surface area contributed by atoms with Gasteiger partial charge in [0.25, 0.3) is 5.91 Å². The Morgan fingerprint density at radius 1 is 1.04 bits per heavy atom. The summed E-state index contributed by atoms with van der Waals surface area (Å²) in [5.41, 5.74) is 8.01. The van der Waals surface area contributed by atoms with Crippen molar-refractivity contribution in [3.63, 3.8) is 0 Å². The number of carbonyl (C=O) groups excluding carboxylic acids is 2. The van der Waals surface area contributed by atoms with Gasteiger partial charge in [0.05, 0.1) is 12.5 Å². The number of rotatable bonds is 8. The zero-order valence-electron chi connectivity index (χ0n) is 14.9. The van der Waals surface area contributed by atoms with Crippen molar-refractivity contribution in [2.75, 3.05) is 13.1 Å². The standard InChI is InChI=1S/C20H25N3O2.ClH/c1-15-8-10-17(11-9-15)20(25)23-18(16-6-3-2-4-7-16)14-19(24)22-13-5-12-21;/h2-4,6-11,18H,5,12-14,21H2,1H3,(H,22,24)(H,23,25);1H. The van der Waals surface area contributed by atoms with E-state index in [0.29, 0.717) is 18.7 Å². The fourth-order valence-corrected chi connectivity index (χ4v) is 2.47. The number of carbonyl (C=O) groups is 2. The van der Waals surface area contributed by atoms with Crippen LogP contribution >= 0.6 is 12.4 Å². The number of aryl methyl sites for hydroxylation is 1. The number of nitrogens with one attached hydrogen (secondary N) is 2. The van der Waals surface area contributed by atoms with Crippen LogP contribution in [-0.2, 0) is 4.79 Å². The summed E-state index contributed by atoms with van der Waals surface area (Å²) in [6, 6.07) is 16.5. The zero-order chi connectivity index (χ0) is 18.1. The number of hydrogen-bond donors (Lipinski definition) is 3. The van der Waals surface area contributed by atoms with E-state index in [2.05, 4.69) is 10.6 Å². The molecule has 2 aromatic carbocycles. The van der Waals surface area contributed by atoms with Gasteiger partial charge in [0.1, 0.15) is 0 Å². The summed E-state index contributed by atoms with van der Waals surface area (Å²) in [6.45, 7) is 3.05. The Hall–Kier alpha value is -2.37. The molecule has 1 atom stereocenters. The molecule has 0 fully saturated rings. The highest BCUT2D eigenvalue weighted by molar-refractivity contribution is 5.94. The maximum Gasteiger partial charge on any atom is 0.251 e. The average molecular weight is 376 g/mol. The first-order valence-corrected chi connectivity index (χ1v) is 8.49. The first kappa shape index (κ1) is 21.7. The van der Waals surface area contributed by atoms with Gasteiger partial charge < -0.3 is 16.4 Å². The van der Waals surface area contributed by atoms with Gasteiger partial charge in [0, 0.05) is 12.1 Å². The molecule has 0 saturated heterocycles. The third kappa shape index (κ3) is 6.86. The molecule has 2 amide bonds. The average Bonchev–Trinajstić information content (AvgIpc) is 2.62. The van der Waals surface area contributed by atoms with Crippen molar-refractivity contribution < 1.29 is 9.59 Å². The lowest BCUT2D eigenvalue weighted by atomic mass is 10.0. The Bertz CT molecular complexity index is 690. The van der Waals surface area contributed by atoms with Gasteiger partial charge in [-0.15, -0.1) is 12.4 Å². The monoisotopic (exact) mass is 375 g/mol. The van der Waals surface area contributed by atoms with E-state index in [4.69, 9.17) is 5.73 Å². The number of halogens is 1. The predicted molar refractivity (Wildman–Crippen MR) is 106 cm³/mol. The second-order valence-electron chi connectivity index (χ2n) is 6.00. The summed E-state index contributed by atoms with van der Waals surface area (Å²) in [4.78, 5) is 24.7. The molecule has 0 aliphatic heterocycles. The van der Waals surface area contributed by atoms with Crippen molar-refractivity contribution in [2.24, 2.45) is 5.73 Å². The summed E-state index contributed by atoms with van der Waals surface area (Å²) < 4.78 is 0. The largest absolute Gasteiger partial charge is 0.356 e. The highest BCUT2D eigenvalue weighted by Gasteiger charge is 2.19. The molecule has 0 bridgehead atoms. The highest BCUT2D eigenvalue weighted by atomic mass is 35.5. The molecule has 140 valence electrons. The molecule has 4 N–H and O–H groups in total. The molecule has 0 spiro atoms. The van der Waals surface area contributed by atoms with E-state index >= 15 is 0 Å².